The molecule has 3 heteroatoms. The molecule has 0 aliphatic carbocycles. The Hall–Kier alpha value is -1.87. The highest BCUT2D eigenvalue weighted by Gasteiger charge is 2.06. The Morgan fingerprint density at radius 3 is 2.71 bits per heavy atom. The summed E-state index contributed by atoms with van der Waals surface area (Å²) < 4.78 is 5.62. The Bertz CT molecular complexity index is 471. The van der Waals surface area contributed by atoms with Crippen LogP contribution in [0.2, 0.25) is 0 Å². The summed E-state index contributed by atoms with van der Waals surface area (Å²) in [4.78, 5) is 4.07. The second kappa shape index (κ2) is 5.46. The van der Waals surface area contributed by atoms with Gasteiger partial charge in [-0.05, 0) is 24.1 Å². The molecule has 0 aliphatic rings. The lowest BCUT2D eigenvalue weighted by atomic mass is 10.1. The number of aryl methyl sites for hydroxylation is 1. The van der Waals surface area contributed by atoms with Crippen LogP contribution in [-0.4, -0.2) is 11.6 Å². The third kappa shape index (κ3) is 3.29. The fourth-order valence-electron chi connectivity index (χ4n) is 1.59. The molecular formula is C14H16N2O. The molecule has 0 fully saturated rings. The van der Waals surface area contributed by atoms with Gasteiger partial charge in [0.2, 0.25) is 0 Å². The molecule has 1 heterocycles. The average molecular weight is 228 g/mol. The number of benzene rings is 1. The molecule has 0 saturated carbocycles. The second-order valence-corrected chi connectivity index (χ2v) is 4.03. The summed E-state index contributed by atoms with van der Waals surface area (Å²) in [6.07, 6.45) is 3.49. The Morgan fingerprint density at radius 1 is 1.24 bits per heavy atom. The van der Waals surface area contributed by atoms with E-state index >= 15 is 0 Å². The third-order valence-electron chi connectivity index (χ3n) is 2.51. The molecule has 2 N–H and O–H groups in total. The first-order valence-corrected chi connectivity index (χ1v) is 5.60. The van der Waals surface area contributed by atoms with Crippen molar-refractivity contribution in [1.82, 2.24) is 4.98 Å². The maximum atomic E-state index is 6.04. The smallest absolute Gasteiger partial charge is 0.137 e. The quantitative estimate of drug-likeness (QED) is 0.874. The number of nitrogens with two attached hydrogens (primary N) is 1. The molecule has 1 atom stereocenters. The number of hydrogen-bond acceptors (Lipinski definition) is 3. The Labute approximate surface area is 101 Å². The van der Waals surface area contributed by atoms with Crippen molar-refractivity contribution in [3.05, 3.63) is 59.9 Å². The first kappa shape index (κ1) is 11.6. The molecule has 0 radical (unpaired) electrons. The minimum absolute atomic E-state index is 0.114. The van der Waals surface area contributed by atoms with Crippen LogP contribution in [0.1, 0.15) is 17.2 Å². The monoisotopic (exact) mass is 228 g/mol. The van der Waals surface area contributed by atoms with Gasteiger partial charge in [0.15, 0.2) is 0 Å². The van der Waals surface area contributed by atoms with E-state index < -0.39 is 0 Å². The molecule has 1 aromatic heterocycles. The fraction of sp³-hybridized carbons (Fsp3) is 0.214. The molecule has 88 valence electrons. The van der Waals surface area contributed by atoms with Gasteiger partial charge in [-0.15, -0.1) is 0 Å². The number of aromatic nitrogens is 1. The van der Waals surface area contributed by atoms with Crippen LogP contribution in [0.3, 0.4) is 0 Å². The van der Waals surface area contributed by atoms with E-state index in [1.165, 1.54) is 0 Å². The van der Waals surface area contributed by atoms with E-state index in [4.69, 9.17) is 10.5 Å². The van der Waals surface area contributed by atoms with Crippen molar-refractivity contribution in [3.8, 4) is 5.75 Å². The minimum Gasteiger partial charge on any atom is -0.490 e. The van der Waals surface area contributed by atoms with Gasteiger partial charge in [0.25, 0.3) is 0 Å². The van der Waals surface area contributed by atoms with E-state index in [0.29, 0.717) is 6.61 Å². The Kier molecular flexibility index (Phi) is 3.73. The SMILES string of the molecule is Cc1cncc(OCC(N)c2ccccc2)c1. The number of rotatable bonds is 4. The zero-order valence-electron chi connectivity index (χ0n) is 9.84. The maximum Gasteiger partial charge on any atom is 0.137 e. The normalized spacial score (nSPS) is 12.1. The van der Waals surface area contributed by atoms with Crippen molar-refractivity contribution >= 4 is 0 Å². The summed E-state index contributed by atoms with van der Waals surface area (Å²) in [6.45, 7) is 2.44. The molecule has 0 bridgehead atoms. The Morgan fingerprint density at radius 2 is 2.00 bits per heavy atom. The predicted octanol–water partition coefficient (Wildman–Crippen LogP) is 2.47. The van der Waals surface area contributed by atoms with Crippen LogP contribution < -0.4 is 10.5 Å². The van der Waals surface area contributed by atoms with Gasteiger partial charge in [0.1, 0.15) is 12.4 Å². The van der Waals surface area contributed by atoms with Crippen molar-refractivity contribution in [1.29, 1.82) is 0 Å². The van der Waals surface area contributed by atoms with Crippen molar-refractivity contribution in [2.45, 2.75) is 13.0 Å². The van der Waals surface area contributed by atoms with Gasteiger partial charge < -0.3 is 10.5 Å². The van der Waals surface area contributed by atoms with E-state index in [-0.39, 0.29) is 6.04 Å². The maximum absolute atomic E-state index is 6.04. The summed E-state index contributed by atoms with van der Waals surface area (Å²) in [5, 5.41) is 0. The standard InChI is InChI=1S/C14H16N2O/c1-11-7-13(9-16-8-11)17-10-14(15)12-5-3-2-4-6-12/h2-9,14H,10,15H2,1H3. The topological polar surface area (TPSA) is 48.1 Å². The summed E-state index contributed by atoms with van der Waals surface area (Å²) in [7, 11) is 0. The molecular weight excluding hydrogens is 212 g/mol. The first-order chi connectivity index (χ1) is 8.25. The molecule has 3 nitrogen and oxygen atoms in total. The highest BCUT2D eigenvalue weighted by atomic mass is 16.5. The number of hydrogen-bond donors (Lipinski definition) is 1. The molecule has 17 heavy (non-hydrogen) atoms. The fourth-order valence-corrected chi connectivity index (χ4v) is 1.59. The predicted molar refractivity (Wildman–Crippen MR) is 67.8 cm³/mol. The van der Waals surface area contributed by atoms with E-state index in [2.05, 4.69) is 4.98 Å². The van der Waals surface area contributed by atoms with Crippen LogP contribution >= 0.6 is 0 Å². The molecule has 0 saturated heterocycles. The van der Waals surface area contributed by atoms with Crippen LogP contribution in [0.25, 0.3) is 0 Å². The van der Waals surface area contributed by atoms with Crippen molar-refractivity contribution in [2.75, 3.05) is 6.61 Å². The van der Waals surface area contributed by atoms with E-state index in [1.54, 1.807) is 12.4 Å². The number of pyridine rings is 1. The largest absolute Gasteiger partial charge is 0.490 e. The number of ether oxygens (including phenoxy) is 1. The average Bonchev–Trinajstić information content (AvgIpc) is 2.37. The lowest BCUT2D eigenvalue weighted by Gasteiger charge is -2.13. The van der Waals surface area contributed by atoms with Crippen LogP contribution in [0.5, 0.6) is 5.75 Å². The van der Waals surface area contributed by atoms with Gasteiger partial charge in [-0.25, -0.2) is 0 Å². The lowest BCUT2D eigenvalue weighted by Crippen LogP contribution is -2.18. The number of nitrogens with zero attached hydrogens (tertiary/aromatic N) is 1. The van der Waals surface area contributed by atoms with Gasteiger partial charge in [0.05, 0.1) is 12.2 Å². The summed E-state index contributed by atoms with van der Waals surface area (Å²) >= 11 is 0. The van der Waals surface area contributed by atoms with Crippen LogP contribution in [0.4, 0.5) is 0 Å². The van der Waals surface area contributed by atoms with E-state index in [0.717, 1.165) is 16.9 Å². The van der Waals surface area contributed by atoms with Crippen molar-refractivity contribution < 1.29 is 4.74 Å². The lowest BCUT2D eigenvalue weighted by molar-refractivity contribution is 0.289. The molecule has 2 aromatic rings. The Balaban J connectivity index is 1.95. The molecule has 0 spiro atoms. The molecule has 0 amide bonds. The van der Waals surface area contributed by atoms with Gasteiger partial charge >= 0.3 is 0 Å². The summed E-state index contributed by atoms with van der Waals surface area (Å²) in [5.41, 5.74) is 8.19. The highest BCUT2D eigenvalue weighted by Crippen LogP contribution is 2.14. The minimum atomic E-state index is -0.114. The molecule has 0 aliphatic heterocycles. The summed E-state index contributed by atoms with van der Waals surface area (Å²) in [5.74, 6) is 0.761. The third-order valence-corrected chi connectivity index (χ3v) is 2.51. The molecule has 1 aromatic carbocycles. The zero-order chi connectivity index (χ0) is 12.1. The molecule has 2 rings (SSSR count). The van der Waals surface area contributed by atoms with Crippen molar-refractivity contribution in [2.24, 2.45) is 5.73 Å². The van der Waals surface area contributed by atoms with Crippen molar-refractivity contribution in [3.63, 3.8) is 0 Å². The van der Waals surface area contributed by atoms with Gasteiger partial charge in [0, 0.05) is 6.20 Å². The highest BCUT2D eigenvalue weighted by molar-refractivity contribution is 5.23. The van der Waals surface area contributed by atoms with E-state index in [9.17, 15) is 0 Å². The summed E-state index contributed by atoms with van der Waals surface area (Å²) in [6, 6.07) is 11.8. The first-order valence-electron chi connectivity index (χ1n) is 5.60. The second-order valence-electron chi connectivity index (χ2n) is 4.03. The van der Waals surface area contributed by atoms with Crippen LogP contribution in [0, 0.1) is 6.92 Å². The molecule has 1 unspecified atom stereocenters. The van der Waals surface area contributed by atoms with Crippen LogP contribution in [-0.2, 0) is 0 Å². The van der Waals surface area contributed by atoms with Gasteiger partial charge in [-0.3, -0.25) is 4.98 Å². The van der Waals surface area contributed by atoms with Gasteiger partial charge in [-0.1, -0.05) is 30.3 Å². The van der Waals surface area contributed by atoms with Gasteiger partial charge in [-0.2, -0.15) is 0 Å². The zero-order valence-corrected chi connectivity index (χ0v) is 9.84. The van der Waals surface area contributed by atoms with Crippen LogP contribution in [0.15, 0.2) is 48.8 Å². The van der Waals surface area contributed by atoms with E-state index in [1.807, 2.05) is 43.3 Å².